The number of hydrogen-bond acceptors (Lipinski definition) is 11. The third-order valence-electron chi connectivity index (χ3n) is 6.29. The molecule has 5 aromatic rings. The molecule has 1 aliphatic rings. The number of hydrogen-bond donors (Lipinski definition) is 1. The van der Waals surface area contributed by atoms with Gasteiger partial charge in [-0.25, -0.2) is 9.97 Å². The minimum absolute atomic E-state index is 0.323. The highest BCUT2D eigenvalue weighted by Crippen LogP contribution is 2.40. The van der Waals surface area contributed by atoms with Crippen LogP contribution in [0, 0.1) is 0 Å². The van der Waals surface area contributed by atoms with E-state index >= 15 is 0 Å². The van der Waals surface area contributed by atoms with E-state index in [0.717, 1.165) is 69.2 Å². The van der Waals surface area contributed by atoms with Crippen LogP contribution in [0.2, 0.25) is 0 Å². The maximum Gasteiger partial charge on any atom is 0.208 e. The second-order valence-electron chi connectivity index (χ2n) is 8.80. The van der Waals surface area contributed by atoms with Gasteiger partial charge in [-0.3, -0.25) is 9.88 Å². The van der Waals surface area contributed by atoms with Crippen molar-refractivity contribution in [2.45, 2.75) is 38.3 Å². The van der Waals surface area contributed by atoms with Gasteiger partial charge < -0.3 is 10.1 Å². The van der Waals surface area contributed by atoms with Crippen molar-refractivity contribution in [3.63, 3.8) is 0 Å². The fourth-order valence-corrected chi connectivity index (χ4v) is 7.90. The molecule has 0 radical (unpaired) electrons. The average molecular weight is 577 g/mol. The molecule has 1 saturated heterocycles. The van der Waals surface area contributed by atoms with Gasteiger partial charge in [-0.2, -0.15) is 4.37 Å². The van der Waals surface area contributed by atoms with E-state index in [2.05, 4.69) is 55.3 Å². The molecular formula is C27H24N6OS4. The smallest absolute Gasteiger partial charge is 0.208 e. The number of thiophene rings is 1. The van der Waals surface area contributed by atoms with Crippen LogP contribution in [0.15, 0.2) is 85.9 Å². The van der Waals surface area contributed by atoms with Crippen molar-refractivity contribution >= 4 is 73.8 Å². The highest BCUT2D eigenvalue weighted by molar-refractivity contribution is 8.00. The predicted octanol–water partition coefficient (Wildman–Crippen LogP) is 6.97. The van der Waals surface area contributed by atoms with Crippen molar-refractivity contribution < 1.29 is 4.79 Å². The molecule has 1 aliphatic heterocycles. The van der Waals surface area contributed by atoms with Crippen LogP contribution in [0.1, 0.15) is 24.6 Å². The highest BCUT2D eigenvalue weighted by atomic mass is 32.2. The molecule has 7 nitrogen and oxygen atoms in total. The number of carbonyl (C=O) groups excluding carboxylic acids is 1. The lowest BCUT2D eigenvalue weighted by atomic mass is 9.96. The van der Waals surface area contributed by atoms with Crippen molar-refractivity contribution in [3.8, 4) is 0 Å². The van der Waals surface area contributed by atoms with E-state index in [4.69, 9.17) is 9.97 Å². The normalized spacial score (nSPS) is 14.6. The Bertz CT molecular complexity index is 1530. The molecule has 0 spiro atoms. The van der Waals surface area contributed by atoms with Gasteiger partial charge in [-0.15, -0.1) is 11.3 Å². The first-order valence-electron chi connectivity index (χ1n) is 12.2. The molecular weight excluding hydrogens is 553 g/mol. The summed E-state index contributed by atoms with van der Waals surface area (Å²) >= 11 is 6.46. The van der Waals surface area contributed by atoms with Crippen molar-refractivity contribution in [3.05, 3.63) is 72.1 Å². The third kappa shape index (κ3) is 5.92. The Morgan fingerprint density at radius 2 is 1.87 bits per heavy atom. The number of rotatable bonds is 9. The van der Waals surface area contributed by atoms with Crippen molar-refractivity contribution in [1.29, 1.82) is 0 Å². The molecule has 1 fully saturated rings. The number of aldehydes is 1. The van der Waals surface area contributed by atoms with Crippen LogP contribution in [0.5, 0.6) is 0 Å². The predicted molar refractivity (Wildman–Crippen MR) is 156 cm³/mol. The number of likely N-dealkylation sites (tertiary alicyclic amines) is 1. The fourth-order valence-electron chi connectivity index (χ4n) is 4.36. The van der Waals surface area contributed by atoms with Gasteiger partial charge in [-0.05, 0) is 61.6 Å². The number of piperidine rings is 1. The quantitative estimate of drug-likeness (QED) is 0.187. The zero-order valence-electron chi connectivity index (χ0n) is 20.3. The molecule has 11 heteroatoms. The Kier molecular flexibility index (Phi) is 7.98. The van der Waals surface area contributed by atoms with E-state index in [0.29, 0.717) is 12.5 Å². The van der Waals surface area contributed by atoms with E-state index in [1.165, 1.54) is 21.1 Å². The zero-order valence-corrected chi connectivity index (χ0v) is 23.6. The lowest BCUT2D eigenvalue weighted by molar-refractivity contribution is -0.109. The van der Waals surface area contributed by atoms with Gasteiger partial charge >= 0.3 is 0 Å². The average Bonchev–Trinajstić information content (AvgIpc) is 3.62. The highest BCUT2D eigenvalue weighted by Gasteiger charge is 2.24. The van der Waals surface area contributed by atoms with Gasteiger partial charge in [0.05, 0.1) is 21.7 Å². The van der Waals surface area contributed by atoms with Crippen LogP contribution in [-0.4, -0.2) is 50.1 Å². The van der Waals surface area contributed by atoms with Crippen LogP contribution < -0.4 is 5.32 Å². The van der Waals surface area contributed by atoms with Gasteiger partial charge in [0.25, 0.3) is 0 Å². The Morgan fingerprint density at radius 3 is 2.71 bits per heavy atom. The Labute approximate surface area is 237 Å². The van der Waals surface area contributed by atoms with E-state index in [9.17, 15) is 4.79 Å². The number of fused-ring (bicyclic) bond motifs is 1. The topological polar surface area (TPSA) is 83.9 Å². The van der Waals surface area contributed by atoms with E-state index < -0.39 is 0 Å². The maximum absolute atomic E-state index is 10.8. The molecule has 0 amide bonds. The molecule has 4 aromatic heterocycles. The first kappa shape index (κ1) is 25.4. The summed E-state index contributed by atoms with van der Waals surface area (Å²) in [6.45, 7) is 2.31. The molecule has 0 atom stereocenters. The summed E-state index contributed by atoms with van der Waals surface area (Å²) in [5.41, 5.74) is 1.02. The Balaban J connectivity index is 1.23. The van der Waals surface area contributed by atoms with Crippen LogP contribution in [-0.2, 0) is 4.79 Å². The van der Waals surface area contributed by atoms with Gasteiger partial charge in [-0.1, -0.05) is 41.7 Å². The second-order valence-corrected chi connectivity index (χ2v) is 12.7. The van der Waals surface area contributed by atoms with Crippen molar-refractivity contribution in [2.24, 2.45) is 0 Å². The fraction of sp³-hybridized carbons (Fsp3) is 0.222. The van der Waals surface area contributed by atoms with Gasteiger partial charge in [0.2, 0.25) is 5.13 Å². The monoisotopic (exact) mass is 576 g/mol. The first-order chi connectivity index (χ1) is 18.7. The number of aromatic nitrogens is 4. The van der Waals surface area contributed by atoms with Crippen molar-refractivity contribution in [2.75, 3.05) is 25.0 Å². The SMILES string of the molecule is O=CCN1CCC(c2nsc(Nc3ncc(Sc4ccnc5ccsc45)cc3Sc3ccccc3)n2)CC1. The second kappa shape index (κ2) is 11.9. The van der Waals surface area contributed by atoms with Gasteiger partial charge in [0.1, 0.15) is 17.9 Å². The van der Waals surface area contributed by atoms with E-state index in [-0.39, 0.29) is 0 Å². The summed E-state index contributed by atoms with van der Waals surface area (Å²) in [5.74, 6) is 1.97. The largest absolute Gasteiger partial charge is 0.314 e. The lowest BCUT2D eigenvalue weighted by Gasteiger charge is -2.28. The number of nitrogens with one attached hydrogen (secondary N) is 1. The van der Waals surface area contributed by atoms with Crippen LogP contribution in [0.25, 0.3) is 10.2 Å². The summed E-state index contributed by atoms with van der Waals surface area (Å²) < 4.78 is 5.84. The maximum atomic E-state index is 10.8. The first-order valence-corrected chi connectivity index (χ1v) is 15.5. The summed E-state index contributed by atoms with van der Waals surface area (Å²) in [6.07, 6.45) is 6.68. The number of carbonyl (C=O) groups is 1. The summed E-state index contributed by atoms with van der Waals surface area (Å²) in [5, 5.41) is 6.26. The molecule has 0 aliphatic carbocycles. The Morgan fingerprint density at radius 1 is 1.03 bits per heavy atom. The molecule has 0 saturated carbocycles. The Hall–Kier alpha value is -2.83. The van der Waals surface area contributed by atoms with Crippen molar-refractivity contribution in [1.82, 2.24) is 24.2 Å². The molecule has 1 N–H and O–H groups in total. The zero-order chi connectivity index (χ0) is 25.7. The molecule has 192 valence electrons. The minimum atomic E-state index is 0.323. The molecule has 0 unspecified atom stereocenters. The number of anilines is 2. The lowest BCUT2D eigenvalue weighted by Crippen LogP contribution is -2.34. The van der Waals surface area contributed by atoms with E-state index in [1.54, 1.807) is 34.9 Å². The third-order valence-corrected chi connectivity index (χ3v) is 10.1. The molecule has 6 rings (SSSR count). The number of benzene rings is 1. The standard InChI is InChI=1S/C27H24N6OS4/c34-14-13-33-11-7-18(8-12-33)25-30-27(38-32-25)31-26-23(36-19-4-2-1-3-5-19)16-20(17-29-26)37-22-6-10-28-21-9-15-35-24(21)22/h1-6,9-10,14-18H,7-8,11-13H2,(H,29,30,31,32). The van der Waals surface area contributed by atoms with Gasteiger partial charge in [0.15, 0.2) is 0 Å². The van der Waals surface area contributed by atoms with Crippen LogP contribution in [0.3, 0.4) is 0 Å². The molecule has 5 heterocycles. The van der Waals surface area contributed by atoms with Crippen LogP contribution >= 0.6 is 46.4 Å². The molecule has 1 aromatic carbocycles. The molecule has 0 bridgehead atoms. The summed E-state index contributed by atoms with van der Waals surface area (Å²) in [4.78, 5) is 31.5. The number of pyridine rings is 2. The minimum Gasteiger partial charge on any atom is -0.314 e. The van der Waals surface area contributed by atoms with Gasteiger partial charge in [0, 0.05) is 44.5 Å². The molecule has 38 heavy (non-hydrogen) atoms. The number of nitrogens with zero attached hydrogens (tertiary/aromatic N) is 5. The van der Waals surface area contributed by atoms with Crippen LogP contribution in [0.4, 0.5) is 10.9 Å². The van der Waals surface area contributed by atoms with E-state index in [1.807, 2.05) is 30.6 Å². The summed E-state index contributed by atoms with van der Waals surface area (Å²) in [7, 11) is 0. The summed E-state index contributed by atoms with van der Waals surface area (Å²) in [6, 6.07) is 16.6.